The number of carbonyl (C=O) groups is 4. The zero-order valence-electron chi connectivity index (χ0n) is 19.8. The summed E-state index contributed by atoms with van der Waals surface area (Å²) in [5, 5.41) is 5.20. The molecule has 4 N–H and O–H groups in total. The summed E-state index contributed by atoms with van der Waals surface area (Å²) in [6.45, 7) is 10.9. The standard InChI is InChI=1S/C21H39N3O7/c1-20(2,3)30-16(25)12-11-14(22)17(26)24-15(18(27)29-7)10-8-9-13-23-19(28)31-21(4,5)6/h14-15H,8-13,22H2,1-7H3,(H,23,28)(H,24,26)/t14-,15-/m1/s1. The normalized spacial score (nSPS) is 13.5. The van der Waals surface area contributed by atoms with Gasteiger partial charge in [-0.3, -0.25) is 9.59 Å². The molecule has 0 fully saturated rings. The monoisotopic (exact) mass is 445 g/mol. The third-order valence-electron chi connectivity index (χ3n) is 3.81. The molecule has 0 aliphatic heterocycles. The average Bonchev–Trinajstić information content (AvgIpc) is 2.61. The van der Waals surface area contributed by atoms with E-state index in [2.05, 4.69) is 10.6 Å². The molecule has 2 amide bonds. The molecule has 0 aliphatic carbocycles. The SMILES string of the molecule is COC(=O)[C@@H](CCCCNC(=O)OC(C)(C)C)NC(=O)[C@H](N)CCC(=O)OC(C)(C)C. The molecular weight excluding hydrogens is 406 g/mol. The maximum atomic E-state index is 12.3. The van der Waals surface area contributed by atoms with Crippen LogP contribution in [0, 0.1) is 0 Å². The van der Waals surface area contributed by atoms with Crippen molar-refractivity contribution in [1.29, 1.82) is 0 Å². The van der Waals surface area contributed by atoms with Gasteiger partial charge < -0.3 is 30.6 Å². The van der Waals surface area contributed by atoms with E-state index >= 15 is 0 Å². The maximum absolute atomic E-state index is 12.3. The number of rotatable bonds is 11. The van der Waals surface area contributed by atoms with Crippen LogP contribution in [0.15, 0.2) is 0 Å². The summed E-state index contributed by atoms with van der Waals surface area (Å²) in [6, 6.07) is -1.83. The molecular formula is C21H39N3O7. The average molecular weight is 446 g/mol. The van der Waals surface area contributed by atoms with Gasteiger partial charge in [0.1, 0.15) is 17.2 Å². The molecule has 0 radical (unpaired) electrons. The van der Waals surface area contributed by atoms with Crippen LogP contribution in [0.1, 0.15) is 73.6 Å². The Morgan fingerprint density at radius 2 is 1.48 bits per heavy atom. The van der Waals surface area contributed by atoms with Gasteiger partial charge in [-0.15, -0.1) is 0 Å². The fraction of sp³-hybridized carbons (Fsp3) is 0.810. The van der Waals surface area contributed by atoms with Crippen LogP contribution in [0.5, 0.6) is 0 Å². The van der Waals surface area contributed by atoms with Crippen molar-refractivity contribution in [3.63, 3.8) is 0 Å². The van der Waals surface area contributed by atoms with Crippen LogP contribution < -0.4 is 16.4 Å². The summed E-state index contributed by atoms with van der Waals surface area (Å²) in [4.78, 5) is 47.7. The smallest absolute Gasteiger partial charge is 0.407 e. The molecule has 10 nitrogen and oxygen atoms in total. The molecule has 0 saturated carbocycles. The zero-order valence-corrected chi connectivity index (χ0v) is 19.8. The van der Waals surface area contributed by atoms with Gasteiger partial charge in [-0.05, 0) is 67.2 Å². The number of hydrogen-bond acceptors (Lipinski definition) is 8. The van der Waals surface area contributed by atoms with Crippen molar-refractivity contribution in [2.75, 3.05) is 13.7 Å². The van der Waals surface area contributed by atoms with E-state index in [4.69, 9.17) is 19.9 Å². The summed E-state index contributed by atoms with van der Waals surface area (Å²) in [5.74, 6) is -1.59. The minimum Gasteiger partial charge on any atom is -0.467 e. The zero-order chi connectivity index (χ0) is 24.2. The lowest BCUT2D eigenvalue weighted by Gasteiger charge is -2.21. The number of hydrogen-bond donors (Lipinski definition) is 3. The fourth-order valence-corrected chi connectivity index (χ4v) is 2.45. The van der Waals surface area contributed by atoms with Crippen LogP contribution in [-0.2, 0) is 28.6 Å². The Morgan fingerprint density at radius 3 is 2.00 bits per heavy atom. The lowest BCUT2D eigenvalue weighted by atomic mass is 10.1. The van der Waals surface area contributed by atoms with Crippen LogP contribution in [0.4, 0.5) is 4.79 Å². The lowest BCUT2D eigenvalue weighted by molar-refractivity contribution is -0.155. The molecule has 0 rings (SSSR count). The van der Waals surface area contributed by atoms with Crippen molar-refractivity contribution in [3.8, 4) is 0 Å². The highest BCUT2D eigenvalue weighted by atomic mass is 16.6. The molecule has 0 bridgehead atoms. The molecule has 10 heteroatoms. The van der Waals surface area contributed by atoms with Gasteiger partial charge in [0.25, 0.3) is 0 Å². The molecule has 0 saturated heterocycles. The van der Waals surface area contributed by atoms with Gasteiger partial charge in [0.2, 0.25) is 5.91 Å². The largest absolute Gasteiger partial charge is 0.467 e. The number of nitrogens with one attached hydrogen (secondary N) is 2. The molecule has 0 aromatic carbocycles. The lowest BCUT2D eigenvalue weighted by Crippen LogP contribution is -2.49. The predicted molar refractivity (Wildman–Crippen MR) is 115 cm³/mol. The second-order valence-electron chi connectivity index (χ2n) is 9.24. The van der Waals surface area contributed by atoms with Gasteiger partial charge in [0.05, 0.1) is 13.2 Å². The van der Waals surface area contributed by atoms with Gasteiger partial charge >= 0.3 is 18.0 Å². The molecule has 180 valence electrons. The van der Waals surface area contributed by atoms with E-state index < -0.39 is 47.2 Å². The van der Waals surface area contributed by atoms with Crippen molar-refractivity contribution in [2.24, 2.45) is 5.73 Å². The molecule has 0 aromatic heterocycles. The van der Waals surface area contributed by atoms with Crippen LogP contribution in [0.3, 0.4) is 0 Å². The minimum absolute atomic E-state index is 0.00885. The van der Waals surface area contributed by atoms with Gasteiger partial charge in [-0.2, -0.15) is 0 Å². The maximum Gasteiger partial charge on any atom is 0.407 e. The molecule has 0 aliphatic rings. The van der Waals surface area contributed by atoms with E-state index in [0.29, 0.717) is 25.8 Å². The summed E-state index contributed by atoms with van der Waals surface area (Å²) in [6.07, 6.45) is 1.00. The Kier molecular flexibility index (Phi) is 12.1. The molecule has 0 spiro atoms. The quantitative estimate of drug-likeness (QED) is 0.248. The topological polar surface area (TPSA) is 146 Å². The Labute approximate surface area is 184 Å². The molecule has 0 aromatic rings. The molecule has 31 heavy (non-hydrogen) atoms. The highest BCUT2D eigenvalue weighted by Crippen LogP contribution is 2.10. The van der Waals surface area contributed by atoms with Gasteiger partial charge in [0, 0.05) is 13.0 Å². The fourth-order valence-electron chi connectivity index (χ4n) is 2.45. The van der Waals surface area contributed by atoms with E-state index in [0.717, 1.165) is 0 Å². The van der Waals surface area contributed by atoms with Gasteiger partial charge in [-0.25, -0.2) is 9.59 Å². The van der Waals surface area contributed by atoms with Crippen molar-refractivity contribution in [3.05, 3.63) is 0 Å². The Balaban J connectivity index is 4.43. The predicted octanol–water partition coefficient (Wildman–Crippen LogP) is 1.79. The third-order valence-corrected chi connectivity index (χ3v) is 3.81. The highest BCUT2D eigenvalue weighted by Gasteiger charge is 2.25. The first kappa shape index (κ1) is 28.6. The summed E-state index contributed by atoms with van der Waals surface area (Å²) in [5.41, 5.74) is 4.66. The second kappa shape index (κ2) is 13.1. The number of unbranched alkanes of at least 4 members (excludes halogenated alkanes) is 1. The number of ether oxygens (including phenoxy) is 3. The van der Waals surface area contributed by atoms with Crippen LogP contribution in [0.25, 0.3) is 0 Å². The number of amides is 2. The van der Waals surface area contributed by atoms with E-state index in [9.17, 15) is 19.2 Å². The number of esters is 2. The van der Waals surface area contributed by atoms with Gasteiger partial charge in [0.15, 0.2) is 0 Å². The number of alkyl carbamates (subject to hydrolysis) is 1. The molecule has 2 atom stereocenters. The van der Waals surface area contributed by atoms with Gasteiger partial charge in [-0.1, -0.05) is 0 Å². The first-order chi connectivity index (χ1) is 14.1. The Bertz CT molecular complexity index is 609. The number of carbonyl (C=O) groups excluding carboxylic acids is 4. The Hall–Kier alpha value is -2.36. The van der Waals surface area contributed by atoms with Crippen molar-refractivity contribution in [2.45, 2.75) is 96.9 Å². The summed E-state index contributed by atoms with van der Waals surface area (Å²) < 4.78 is 15.1. The summed E-state index contributed by atoms with van der Waals surface area (Å²) in [7, 11) is 1.23. The van der Waals surface area contributed by atoms with E-state index in [1.807, 2.05) is 0 Å². The first-order valence-corrected chi connectivity index (χ1v) is 10.5. The number of nitrogens with two attached hydrogens (primary N) is 1. The molecule has 0 heterocycles. The first-order valence-electron chi connectivity index (χ1n) is 10.5. The Morgan fingerprint density at radius 1 is 0.903 bits per heavy atom. The molecule has 0 unspecified atom stereocenters. The van der Waals surface area contributed by atoms with Crippen molar-refractivity contribution in [1.82, 2.24) is 10.6 Å². The highest BCUT2D eigenvalue weighted by molar-refractivity contribution is 5.87. The second-order valence-corrected chi connectivity index (χ2v) is 9.24. The van der Waals surface area contributed by atoms with E-state index in [1.165, 1.54) is 7.11 Å². The minimum atomic E-state index is -0.964. The number of methoxy groups -OCH3 is 1. The van der Waals surface area contributed by atoms with E-state index in [1.54, 1.807) is 41.5 Å². The van der Waals surface area contributed by atoms with E-state index in [-0.39, 0.29) is 12.8 Å². The summed E-state index contributed by atoms with van der Waals surface area (Å²) >= 11 is 0. The van der Waals surface area contributed by atoms with Crippen LogP contribution >= 0.6 is 0 Å². The van der Waals surface area contributed by atoms with Crippen LogP contribution in [0.2, 0.25) is 0 Å². The van der Waals surface area contributed by atoms with Crippen molar-refractivity contribution < 1.29 is 33.4 Å². The van der Waals surface area contributed by atoms with Crippen molar-refractivity contribution >= 4 is 23.9 Å². The van der Waals surface area contributed by atoms with Crippen LogP contribution in [-0.4, -0.2) is 60.9 Å². The third kappa shape index (κ3) is 15.1.